The van der Waals surface area contributed by atoms with Crippen molar-refractivity contribution in [3.63, 3.8) is 0 Å². The number of anilines is 1. The smallest absolute Gasteiger partial charge is 0.196 e. The number of aromatic nitrogens is 1. The number of benzene rings is 2. The highest BCUT2D eigenvalue weighted by atomic mass is 16.7. The number of rotatable bonds is 6. The zero-order valence-electron chi connectivity index (χ0n) is 16.2. The number of pyridine rings is 1. The summed E-state index contributed by atoms with van der Waals surface area (Å²) in [6, 6.07) is 18.3. The van der Waals surface area contributed by atoms with Crippen molar-refractivity contribution in [3.05, 3.63) is 54.6 Å². The number of ether oxygens (including phenoxy) is 2. The first kappa shape index (κ1) is 19.7. The lowest BCUT2D eigenvalue weighted by molar-refractivity contribution is -0.0612. The van der Waals surface area contributed by atoms with E-state index in [0.29, 0.717) is 6.61 Å². The second-order valence-electron chi connectivity index (χ2n) is 5.52. The molecule has 0 fully saturated rings. The monoisotopic (exact) mass is 352 g/mol. The molecule has 1 atom stereocenters. The molecule has 0 aliphatic carbocycles. The van der Waals surface area contributed by atoms with Gasteiger partial charge in [-0.2, -0.15) is 0 Å². The summed E-state index contributed by atoms with van der Waals surface area (Å²) in [4.78, 5) is 4.77. The van der Waals surface area contributed by atoms with E-state index in [4.69, 9.17) is 14.5 Å². The Morgan fingerprint density at radius 1 is 1.00 bits per heavy atom. The largest absolute Gasteiger partial charge is 0.465 e. The van der Waals surface area contributed by atoms with E-state index in [1.165, 1.54) is 0 Å². The van der Waals surface area contributed by atoms with Crippen LogP contribution in [0.15, 0.2) is 54.6 Å². The number of hydrogen-bond donors (Lipinski definition) is 1. The summed E-state index contributed by atoms with van der Waals surface area (Å²) in [5.74, 6) is 0.763. The molecule has 0 radical (unpaired) electrons. The van der Waals surface area contributed by atoms with E-state index in [-0.39, 0.29) is 6.29 Å². The summed E-state index contributed by atoms with van der Waals surface area (Å²) < 4.78 is 11.2. The highest BCUT2D eigenvalue weighted by molar-refractivity contribution is 5.83. The Balaban J connectivity index is 0.00000117. The summed E-state index contributed by atoms with van der Waals surface area (Å²) in [5.41, 5.74) is 4.02. The Bertz CT molecular complexity index is 816. The zero-order valence-corrected chi connectivity index (χ0v) is 16.2. The van der Waals surface area contributed by atoms with Crippen LogP contribution < -0.4 is 10.1 Å². The van der Waals surface area contributed by atoms with Crippen molar-refractivity contribution in [1.29, 1.82) is 0 Å². The summed E-state index contributed by atoms with van der Waals surface area (Å²) in [6.07, 6.45) is -0.273. The van der Waals surface area contributed by atoms with Gasteiger partial charge in [-0.05, 0) is 44.2 Å². The van der Waals surface area contributed by atoms with Gasteiger partial charge in [-0.3, -0.25) is 0 Å². The predicted molar refractivity (Wildman–Crippen MR) is 110 cm³/mol. The van der Waals surface area contributed by atoms with Crippen molar-refractivity contribution in [1.82, 2.24) is 4.98 Å². The Hall–Kier alpha value is -2.59. The van der Waals surface area contributed by atoms with Crippen LogP contribution in [0, 0.1) is 0 Å². The Morgan fingerprint density at radius 3 is 2.35 bits per heavy atom. The fourth-order valence-corrected chi connectivity index (χ4v) is 2.60. The molecule has 0 amide bonds. The second kappa shape index (κ2) is 9.78. The van der Waals surface area contributed by atoms with E-state index in [2.05, 4.69) is 23.5 Å². The van der Waals surface area contributed by atoms with Crippen LogP contribution in [0.1, 0.15) is 27.7 Å². The number of nitrogens with zero attached hydrogens (tertiary/aromatic N) is 1. The molecule has 0 saturated carbocycles. The van der Waals surface area contributed by atoms with Gasteiger partial charge in [0.15, 0.2) is 6.29 Å². The quantitative estimate of drug-likeness (QED) is 0.575. The van der Waals surface area contributed by atoms with Crippen LogP contribution in [0.5, 0.6) is 5.75 Å². The van der Waals surface area contributed by atoms with E-state index in [1.807, 2.05) is 71.1 Å². The Morgan fingerprint density at radius 2 is 1.69 bits per heavy atom. The highest BCUT2D eigenvalue weighted by Gasteiger charge is 2.06. The molecule has 138 valence electrons. The highest BCUT2D eigenvalue weighted by Crippen LogP contribution is 2.25. The molecule has 1 aromatic heterocycles. The molecule has 0 aliphatic heterocycles. The maximum Gasteiger partial charge on any atom is 0.196 e. The molecular formula is C22H28N2O2. The first-order valence-electron chi connectivity index (χ1n) is 9.17. The predicted octanol–water partition coefficient (Wildman–Crippen LogP) is 5.73. The van der Waals surface area contributed by atoms with Crippen LogP contribution in [-0.4, -0.2) is 24.9 Å². The van der Waals surface area contributed by atoms with Gasteiger partial charge < -0.3 is 14.8 Å². The summed E-state index contributed by atoms with van der Waals surface area (Å²) in [6.45, 7) is 8.47. The topological polar surface area (TPSA) is 43.4 Å². The first-order valence-corrected chi connectivity index (χ1v) is 9.17. The van der Waals surface area contributed by atoms with E-state index in [1.54, 1.807) is 0 Å². The maximum atomic E-state index is 5.77. The lowest BCUT2D eigenvalue weighted by Crippen LogP contribution is -2.15. The van der Waals surface area contributed by atoms with E-state index in [0.717, 1.165) is 33.6 Å². The molecule has 1 unspecified atom stereocenters. The van der Waals surface area contributed by atoms with Gasteiger partial charge in [0.25, 0.3) is 0 Å². The van der Waals surface area contributed by atoms with Crippen LogP contribution in [0.3, 0.4) is 0 Å². The molecule has 0 saturated heterocycles. The first-order chi connectivity index (χ1) is 12.7. The molecule has 0 bridgehead atoms. The minimum absolute atomic E-state index is 0.273. The molecular weight excluding hydrogens is 324 g/mol. The van der Waals surface area contributed by atoms with Crippen molar-refractivity contribution in [2.45, 2.75) is 34.0 Å². The summed E-state index contributed by atoms with van der Waals surface area (Å²) >= 11 is 0. The van der Waals surface area contributed by atoms with Gasteiger partial charge >= 0.3 is 0 Å². The van der Waals surface area contributed by atoms with E-state index >= 15 is 0 Å². The molecule has 26 heavy (non-hydrogen) atoms. The van der Waals surface area contributed by atoms with Crippen molar-refractivity contribution in [3.8, 4) is 17.0 Å². The molecule has 3 rings (SSSR count). The van der Waals surface area contributed by atoms with Crippen LogP contribution in [-0.2, 0) is 4.74 Å². The van der Waals surface area contributed by atoms with Gasteiger partial charge in [0.05, 0.1) is 11.2 Å². The van der Waals surface area contributed by atoms with Crippen molar-refractivity contribution in [2.24, 2.45) is 0 Å². The van der Waals surface area contributed by atoms with Crippen molar-refractivity contribution >= 4 is 16.6 Å². The number of nitrogens with one attached hydrogen (secondary N) is 1. The minimum Gasteiger partial charge on any atom is -0.465 e. The average molecular weight is 352 g/mol. The fourth-order valence-electron chi connectivity index (χ4n) is 2.60. The lowest BCUT2D eigenvalue weighted by atomic mass is 10.1. The van der Waals surface area contributed by atoms with Gasteiger partial charge in [-0.1, -0.05) is 32.0 Å². The average Bonchev–Trinajstić information content (AvgIpc) is 2.69. The van der Waals surface area contributed by atoms with Gasteiger partial charge in [0.1, 0.15) is 5.75 Å². The number of hydrogen-bond acceptors (Lipinski definition) is 4. The third kappa shape index (κ3) is 4.96. The van der Waals surface area contributed by atoms with Gasteiger partial charge in [0.2, 0.25) is 0 Å². The molecule has 4 heteroatoms. The third-order valence-electron chi connectivity index (χ3n) is 3.84. The van der Waals surface area contributed by atoms with Crippen LogP contribution in [0.2, 0.25) is 0 Å². The van der Waals surface area contributed by atoms with E-state index < -0.39 is 0 Å². The maximum absolute atomic E-state index is 5.77. The van der Waals surface area contributed by atoms with E-state index in [9.17, 15) is 0 Å². The molecule has 1 heterocycles. The Kier molecular flexibility index (Phi) is 7.42. The van der Waals surface area contributed by atoms with Gasteiger partial charge in [-0.25, -0.2) is 4.98 Å². The standard InChI is InChI=1S/C20H22N2O2.C2H6/c1-4-23-14(2)24-18-11-7-16-8-12-19(22-20(16)13-18)15-5-9-17(21-3)10-6-15;1-2/h5-14,21H,4H2,1-3H3;1-2H3. The van der Waals surface area contributed by atoms with Crippen LogP contribution in [0.25, 0.3) is 22.2 Å². The SMILES string of the molecule is CC.CCOC(C)Oc1ccc2ccc(-c3ccc(NC)cc3)nc2c1. The molecule has 0 spiro atoms. The normalized spacial score (nSPS) is 11.4. The summed E-state index contributed by atoms with van der Waals surface area (Å²) in [7, 11) is 1.91. The van der Waals surface area contributed by atoms with Crippen molar-refractivity contribution < 1.29 is 9.47 Å². The minimum atomic E-state index is -0.273. The van der Waals surface area contributed by atoms with Gasteiger partial charge in [0, 0.05) is 36.4 Å². The molecule has 1 N–H and O–H groups in total. The summed E-state index contributed by atoms with van der Waals surface area (Å²) in [5, 5.41) is 4.21. The number of fused-ring (bicyclic) bond motifs is 1. The third-order valence-corrected chi connectivity index (χ3v) is 3.84. The van der Waals surface area contributed by atoms with Gasteiger partial charge in [-0.15, -0.1) is 0 Å². The van der Waals surface area contributed by atoms with Crippen LogP contribution >= 0.6 is 0 Å². The Labute approximate surface area is 156 Å². The zero-order chi connectivity index (χ0) is 18.9. The fraction of sp³-hybridized carbons (Fsp3) is 0.318. The second-order valence-corrected chi connectivity index (χ2v) is 5.52. The molecule has 0 aliphatic rings. The lowest BCUT2D eigenvalue weighted by Gasteiger charge is -2.14. The molecule has 4 nitrogen and oxygen atoms in total. The molecule has 3 aromatic rings. The van der Waals surface area contributed by atoms with Crippen LogP contribution in [0.4, 0.5) is 5.69 Å². The molecule has 2 aromatic carbocycles. The van der Waals surface area contributed by atoms with Crippen molar-refractivity contribution in [2.75, 3.05) is 19.0 Å².